The van der Waals surface area contributed by atoms with Crippen molar-refractivity contribution in [3.63, 3.8) is 0 Å². The highest BCUT2D eigenvalue weighted by Crippen LogP contribution is 2.37. The van der Waals surface area contributed by atoms with E-state index in [-0.39, 0.29) is 22.6 Å². The predicted molar refractivity (Wildman–Crippen MR) is 116 cm³/mol. The summed E-state index contributed by atoms with van der Waals surface area (Å²) in [6.45, 7) is 10.6. The summed E-state index contributed by atoms with van der Waals surface area (Å²) < 4.78 is 42.4. The van der Waals surface area contributed by atoms with Gasteiger partial charge in [0.05, 0.1) is 6.61 Å². The molecule has 3 N–H and O–H groups in total. The van der Waals surface area contributed by atoms with Gasteiger partial charge in [-0.05, 0) is 34.4 Å². The van der Waals surface area contributed by atoms with E-state index in [1.807, 2.05) is 39.8 Å². The van der Waals surface area contributed by atoms with Gasteiger partial charge < -0.3 is 24.8 Å². The van der Waals surface area contributed by atoms with Crippen molar-refractivity contribution in [1.82, 2.24) is 0 Å². The Labute approximate surface area is 185 Å². The summed E-state index contributed by atoms with van der Waals surface area (Å²) in [5.74, 6) is -1.72. The van der Waals surface area contributed by atoms with Crippen LogP contribution in [0.25, 0.3) is 0 Å². The topological polar surface area (TPSA) is 123 Å². The molecule has 0 aromatic heterocycles. The fraction of sp³-hybridized carbons (Fsp3) is 0.727. The molecule has 0 amide bonds. The van der Waals surface area contributed by atoms with Crippen molar-refractivity contribution in [3.8, 4) is 0 Å². The molecule has 1 saturated heterocycles. The number of methoxy groups -OCH3 is 1. The molecule has 1 aliphatic heterocycles. The maximum Gasteiger partial charge on any atom is 0.297 e. The molecule has 0 spiro atoms. The van der Waals surface area contributed by atoms with Crippen molar-refractivity contribution in [2.24, 2.45) is 0 Å². The summed E-state index contributed by atoms with van der Waals surface area (Å²) in [4.78, 5) is 0.134. The van der Waals surface area contributed by atoms with Crippen LogP contribution < -0.4 is 0 Å². The molecule has 0 radical (unpaired) electrons. The lowest BCUT2D eigenvalue weighted by Crippen LogP contribution is -2.47. The van der Waals surface area contributed by atoms with Gasteiger partial charge in [0.1, 0.15) is 29.8 Å². The molecule has 1 fully saturated rings. The quantitative estimate of drug-likeness (QED) is 0.480. The van der Waals surface area contributed by atoms with Crippen LogP contribution >= 0.6 is 0 Å². The number of hydrogen-bond acceptors (Lipinski definition) is 8. The number of benzene rings is 1. The number of aliphatic hydroxyl groups excluding tert-OH is 3. The monoisotopic (exact) mass is 460 g/mol. The molecule has 0 saturated carbocycles. The first-order valence-electron chi connectivity index (χ1n) is 10.6. The van der Waals surface area contributed by atoms with Gasteiger partial charge in [-0.1, -0.05) is 53.7 Å². The summed E-state index contributed by atoms with van der Waals surface area (Å²) in [6, 6.07) is 3.81. The minimum atomic E-state index is -4.21. The van der Waals surface area contributed by atoms with Gasteiger partial charge >= 0.3 is 0 Å². The molecule has 4 atom stereocenters. The molecular weight excluding hydrogens is 424 g/mol. The van der Waals surface area contributed by atoms with Crippen LogP contribution in [0.2, 0.25) is 0 Å². The third-order valence-corrected chi connectivity index (χ3v) is 7.21. The number of hydrogen-bond donors (Lipinski definition) is 3. The van der Waals surface area contributed by atoms with Gasteiger partial charge in [0.2, 0.25) is 5.79 Å². The van der Waals surface area contributed by atoms with Crippen LogP contribution in [0.15, 0.2) is 17.0 Å². The van der Waals surface area contributed by atoms with Crippen molar-refractivity contribution < 1.29 is 37.4 Å². The Morgan fingerprint density at radius 3 is 1.90 bits per heavy atom. The minimum absolute atomic E-state index is 0.0600. The fourth-order valence-electron chi connectivity index (χ4n) is 3.75. The molecule has 0 unspecified atom stereocenters. The molecule has 1 aromatic rings. The maximum atomic E-state index is 13.3. The first-order valence-corrected chi connectivity index (χ1v) is 12.0. The second-order valence-electron chi connectivity index (χ2n) is 9.00. The molecule has 1 heterocycles. The second-order valence-corrected chi connectivity index (χ2v) is 10.5. The van der Waals surface area contributed by atoms with Gasteiger partial charge in [-0.15, -0.1) is 0 Å². The van der Waals surface area contributed by atoms with E-state index >= 15 is 0 Å². The van der Waals surface area contributed by atoms with Crippen molar-refractivity contribution in [2.75, 3.05) is 20.3 Å². The standard InChI is InChI=1S/C22H36O8S/c1-12(2)15-8-16(13(3)4)20(17(9-15)14(5)6)31(26,27)29-10-18-19(24)21(25)22(11-23,28-7)30-18/h8-9,12-14,18-19,21,23-25H,10-11H2,1-7H3/t18-,19-,21+,22-/m1/s1. The third-order valence-electron chi connectivity index (χ3n) is 5.79. The van der Waals surface area contributed by atoms with Gasteiger partial charge in [-0.2, -0.15) is 8.42 Å². The largest absolute Gasteiger partial charge is 0.391 e. The van der Waals surface area contributed by atoms with Crippen LogP contribution in [0.4, 0.5) is 0 Å². The minimum Gasteiger partial charge on any atom is -0.391 e. The van der Waals surface area contributed by atoms with Crippen LogP contribution in [0.5, 0.6) is 0 Å². The Bertz CT molecular complexity index is 829. The average Bonchev–Trinajstić information content (AvgIpc) is 2.96. The summed E-state index contributed by atoms with van der Waals surface area (Å²) >= 11 is 0. The van der Waals surface area contributed by atoms with E-state index in [1.54, 1.807) is 0 Å². The number of ether oxygens (including phenoxy) is 2. The van der Waals surface area contributed by atoms with Gasteiger partial charge in [0, 0.05) is 7.11 Å². The predicted octanol–water partition coefficient (Wildman–Crippen LogP) is 2.22. The van der Waals surface area contributed by atoms with E-state index in [1.165, 1.54) is 7.11 Å². The van der Waals surface area contributed by atoms with Gasteiger partial charge in [0.15, 0.2) is 0 Å². The van der Waals surface area contributed by atoms with Crippen molar-refractivity contribution >= 4 is 10.1 Å². The highest BCUT2D eigenvalue weighted by molar-refractivity contribution is 7.86. The lowest BCUT2D eigenvalue weighted by atomic mass is 9.89. The molecule has 0 bridgehead atoms. The molecule has 8 nitrogen and oxygen atoms in total. The molecule has 0 aliphatic carbocycles. The van der Waals surface area contributed by atoms with Crippen LogP contribution in [-0.2, 0) is 23.8 Å². The number of rotatable bonds is 9. The van der Waals surface area contributed by atoms with E-state index in [2.05, 4.69) is 13.8 Å². The molecule has 31 heavy (non-hydrogen) atoms. The summed E-state index contributed by atoms with van der Waals surface area (Å²) in [7, 11) is -2.99. The van der Waals surface area contributed by atoms with Crippen molar-refractivity contribution in [1.29, 1.82) is 0 Å². The zero-order valence-corrected chi connectivity index (χ0v) is 20.1. The van der Waals surface area contributed by atoms with Crippen molar-refractivity contribution in [2.45, 2.75) is 88.3 Å². The molecule has 2 rings (SSSR count). The lowest BCUT2D eigenvalue weighted by molar-refractivity contribution is -0.263. The highest BCUT2D eigenvalue weighted by Gasteiger charge is 2.55. The Balaban J connectivity index is 2.42. The maximum absolute atomic E-state index is 13.3. The van der Waals surface area contributed by atoms with Crippen LogP contribution in [-0.4, -0.2) is 68.2 Å². The van der Waals surface area contributed by atoms with E-state index in [4.69, 9.17) is 13.7 Å². The van der Waals surface area contributed by atoms with E-state index in [0.29, 0.717) is 11.1 Å². The summed E-state index contributed by atoms with van der Waals surface area (Å²) in [6.07, 6.45) is -4.24. The lowest BCUT2D eigenvalue weighted by Gasteiger charge is -2.28. The SMILES string of the molecule is CO[C@]1(CO)O[C@H](COS(=O)(=O)c2c(C(C)C)cc(C(C)C)cc2C(C)C)[C@@H](O)[C@@H]1O. The zero-order valence-electron chi connectivity index (χ0n) is 19.3. The first-order chi connectivity index (χ1) is 14.3. The summed E-state index contributed by atoms with van der Waals surface area (Å²) in [5, 5.41) is 30.0. The van der Waals surface area contributed by atoms with E-state index in [9.17, 15) is 23.7 Å². The van der Waals surface area contributed by atoms with Gasteiger partial charge in [-0.3, -0.25) is 4.18 Å². The highest BCUT2D eigenvalue weighted by atomic mass is 32.2. The normalized spacial score (nSPS) is 27.1. The smallest absolute Gasteiger partial charge is 0.297 e. The average molecular weight is 461 g/mol. The zero-order chi connectivity index (χ0) is 23.7. The fourth-order valence-corrected chi connectivity index (χ4v) is 5.35. The molecule has 178 valence electrons. The molecule has 1 aromatic carbocycles. The van der Waals surface area contributed by atoms with Gasteiger partial charge in [-0.25, -0.2) is 0 Å². The molecule has 9 heteroatoms. The van der Waals surface area contributed by atoms with E-state index < -0.39 is 47.4 Å². The van der Waals surface area contributed by atoms with E-state index in [0.717, 1.165) is 5.56 Å². The second kappa shape index (κ2) is 9.82. The third kappa shape index (κ3) is 5.13. The Kier molecular flexibility index (Phi) is 8.30. The Morgan fingerprint density at radius 1 is 1.03 bits per heavy atom. The van der Waals surface area contributed by atoms with Crippen LogP contribution in [0, 0.1) is 0 Å². The Morgan fingerprint density at radius 2 is 1.55 bits per heavy atom. The van der Waals surface area contributed by atoms with Gasteiger partial charge in [0.25, 0.3) is 10.1 Å². The van der Waals surface area contributed by atoms with Crippen molar-refractivity contribution in [3.05, 3.63) is 28.8 Å². The number of aliphatic hydroxyl groups is 3. The Hall–Kier alpha value is -1.07. The molecular formula is C22H36O8S. The first kappa shape index (κ1) is 26.2. The molecule has 1 aliphatic rings. The van der Waals surface area contributed by atoms with Crippen LogP contribution in [0.1, 0.15) is 76.0 Å². The van der Waals surface area contributed by atoms with Crippen LogP contribution in [0.3, 0.4) is 0 Å². The summed E-state index contributed by atoms with van der Waals surface area (Å²) in [5.41, 5.74) is 2.39.